The summed E-state index contributed by atoms with van der Waals surface area (Å²) in [4.78, 5) is 25.6. The number of aliphatic carboxylic acids is 1. The zero-order chi connectivity index (χ0) is 27.3. The Morgan fingerprint density at radius 1 is 0.921 bits per heavy atom. The van der Waals surface area contributed by atoms with E-state index in [-0.39, 0.29) is 31.1 Å². The lowest BCUT2D eigenvalue weighted by molar-refractivity contribution is -0.149. The van der Waals surface area contributed by atoms with E-state index >= 15 is 0 Å². The van der Waals surface area contributed by atoms with Crippen LogP contribution >= 0.6 is 0 Å². The van der Waals surface area contributed by atoms with Crippen molar-refractivity contribution < 1.29 is 37.7 Å². The molecule has 0 radical (unpaired) electrons. The number of carboxylic acid groups (broad SMARTS) is 1. The monoisotopic (exact) mass is 527 g/mol. The third-order valence-corrected chi connectivity index (χ3v) is 5.72. The molecule has 9 heteroatoms. The van der Waals surface area contributed by atoms with Gasteiger partial charge in [-0.05, 0) is 67.3 Å². The van der Waals surface area contributed by atoms with Crippen LogP contribution in [-0.2, 0) is 22.4 Å². The quantitative estimate of drug-likeness (QED) is 0.298. The summed E-state index contributed by atoms with van der Waals surface area (Å²) in [5.74, 6) is -1.59. The molecule has 3 rings (SSSR count). The molecule has 1 amide bonds. The fourth-order valence-corrected chi connectivity index (χ4v) is 3.73. The van der Waals surface area contributed by atoms with Gasteiger partial charge in [-0.3, -0.25) is 0 Å². The van der Waals surface area contributed by atoms with Crippen LogP contribution in [0.4, 0.5) is 13.6 Å². The van der Waals surface area contributed by atoms with Crippen molar-refractivity contribution in [3.8, 4) is 11.5 Å². The summed E-state index contributed by atoms with van der Waals surface area (Å²) >= 11 is 0. The van der Waals surface area contributed by atoms with E-state index in [1.54, 1.807) is 49.4 Å². The molecule has 1 atom stereocenters. The van der Waals surface area contributed by atoms with Gasteiger partial charge in [-0.2, -0.15) is 0 Å². The summed E-state index contributed by atoms with van der Waals surface area (Å²) < 4.78 is 43.5. The van der Waals surface area contributed by atoms with E-state index in [2.05, 4.69) is 0 Å². The second-order valence-corrected chi connectivity index (χ2v) is 8.49. The van der Waals surface area contributed by atoms with E-state index < -0.39 is 24.0 Å². The normalized spacial score (nSPS) is 11.6. The molecule has 7 nitrogen and oxygen atoms in total. The van der Waals surface area contributed by atoms with Gasteiger partial charge in [-0.15, -0.1) is 0 Å². The number of ether oxygens (including phenoxy) is 3. The molecule has 202 valence electrons. The van der Waals surface area contributed by atoms with Crippen molar-refractivity contribution in [2.45, 2.75) is 32.3 Å². The summed E-state index contributed by atoms with van der Waals surface area (Å²) in [5, 5.41) is 9.25. The van der Waals surface area contributed by atoms with Gasteiger partial charge in [-0.1, -0.05) is 36.4 Å². The number of aryl methyl sites for hydroxylation is 1. The molecule has 3 aromatic rings. The Morgan fingerprint density at radius 2 is 1.61 bits per heavy atom. The summed E-state index contributed by atoms with van der Waals surface area (Å²) in [7, 11) is 0. The molecule has 0 bridgehead atoms. The summed E-state index contributed by atoms with van der Waals surface area (Å²) in [5.41, 5.74) is 1.72. The van der Waals surface area contributed by atoms with Gasteiger partial charge in [0.2, 0.25) is 0 Å². The summed E-state index contributed by atoms with van der Waals surface area (Å²) in [6, 6.07) is 18.8. The highest BCUT2D eigenvalue weighted by Gasteiger charge is 2.19. The minimum Gasteiger partial charge on any atom is -0.492 e. The number of carbonyl (C=O) groups is 2. The zero-order valence-corrected chi connectivity index (χ0v) is 21.1. The van der Waals surface area contributed by atoms with Gasteiger partial charge in [0.05, 0.1) is 6.54 Å². The molecule has 0 fully saturated rings. The molecule has 38 heavy (non-hydrogen) atoms. The SMILES string of the molecule is CCOC(Cc1ccc(OCCN(CCCc2ccc(F)cc2)C(=O)Oc2ccccc2F)cc1)C(=O)O. The van der Waals surface area contributed by atoms with Crippen LogP contribution < -0.4 is 9.47 Å². The number of nitrogens with zero attached hydrogens (tertiary/aromatic N) is 1. The number of hydrogen-bond acceptors (Lipinski definition) is 5. The highest BCUT2D eigenvalue weighted by Crippen LogP contribution is 2.18. The molecular weight excluding hydrogens is 496 g/mol. The molecule has 1 N–H and O–H groups in total. The van der Waals surface area contributed by atoms with Crippen LogP contribution in [0.1, 0.15) is 24.5 Å². The van der Waals surface area contributed by atoms with Crippen molar-refractivity contribution >= 4 is 12.1 Å². The van der Waals surface area contributed by atoms with Crippen LogP contribution in [0.15, 0.2) is 72.8 Å². The molecule has 1 unspecified atom stereocenters. The van der Waals surface area contributed by atoms with Crippen molar-refractivity contribution in [2.24, 2.45) is 0 Å². The van der Waals surface area contributed by atoms with Gasteiger partial charge in [0, 0.05) is 19.6 Å². The highest BCUT2D eigenvalue weighted by molar-refractivity contribution is 5.72. The van der Waals surface area contributed by atoms with E-state index in [4.69, 9.17) is 14.2 Å². The van der Waals surface area contributed by atoms with Gasteiger partial charge < -0.3 is 24.2 Å². The second-order valence-electron chi connectivity index (χ2n) is 8.49. The standard InChI is InChI=1S/C29H31F2NO6/c1-2-36-27(28(33)34)20-22-11-15-24(16-12-22)37-19-18-32(17-5-6-21-9-13-23(30)14-10-21)29(35)38-26-8-4-3-7-25(26)31/h3-4,7-16,27H,2,5-6,17-20H2,1H3,(H,33,34). The van der Waals surface area contributed by atoms with E-state index in [0.717, 1.165) is 11.1 Å². The zero-order valence-electron chi connectivity index (χ0n) is 21.1. The molecule has 3 aromatic carbocycles. The lowest BCUT2D eigenvalue weighted by atomic mass is 10.1. The van der Waals surface area contributed by atoms with E-state index in [1.807, 2.05) is 0 Å². The summed E-state index contributed by atoms with van der Waals surface area (Å²) in [6.45, 7) is 2.70. The predicted octanol–water partition coefficient (Wildman–Crippen LogP) is 5.51. The molecule has 0 aromatic heterocycles. The van der Waals surface area contributed by atoms with Gasteiger partial charge in [0.25, 0.3) is 0 Å². The van der Waals surface area contributed by atoms with Crippen LogP contribution in [0.3, 0.4) is 0 Å². The van der Waals surface area contributed by atoms with Gasteiger partial charge in [0.15, 0.2) is 17.7 Å². The van der Waals surface area contributed by atoms with Gasteiger partial charge in [-0.25, -0.2) is 18.4 Å². The fraction of sp³-hybridized carbons (Fsp3) is 0.310. The molecule has 0 spiro atoms. The minimum atomic E-state index is -1.02. The third-order valence-electron chi connectivity index (χ3n) is 5.72. The van der Waals surface area contributed by atoms with Crippen molar-refractivity contribution in [1.29, 1.82) is 0 Å². The topological polar surface area (TPSA) is 85.3 Å². The molecule has 0 aliphatic carbocycles. The fourth-order valence-electron chi connectivity index (χ4n) is 3.73. The van der Waals surface area contributed by atoms with E-state index in [9.17, 15) is 23.5 Å². The Hall–Kier alpha value is -3.98. The number of carbonyl (C=O) groups excluding carboxylic acids is 1. The average Bonchev–Trinajstić information content (AvgIpc) is 2.90. The van der Waals surface area contributed by atoms with E-state index in [1.165, 1.54) is 35.2 Å². The first kappa shape index (κ1) is 28.6. The molecule has 0 aliphatic heterocycles. The predicted molar refractivity (Wildman–Crippen MR) is 137 cm³/mol. The molecule has 0 heterocycles. The van der Waals surface area contributed by atoms with Crippen LogP contribution in [-0.4, -0.2) is 54.5 Å². The maximum atomic E-state index is 14.0. The Balaban J connectivity index is 1.57. The first-order valence-corrected chi connectivity index (χ1v) is 12.4. The highest BCUT2D eigenvalue weighted by atomic mass is 19.1. The smallest absolute Gasteiger partial charge is 0.415 e. The first-order chi connectivity index (χ1) is 18.4. The number of benzene rings is 3. The number of carboxylic acids is 1. The molecular formula is C29H31F2NO6. The molecule has 0 saturated carbocycles. The maximum absolute atomic E-state index is 14.0. The number of rotatable bonds is 14. The Labute approximate surface area is 220 Å². The van der Waals surface area contributed by atoms with Crippen molar-refractivity contribution in [1.82, 2.24) is 4.90 Å². The minimum absolute atomic E-state index is 0.152. The van der Waals surface area contributed by atoms with Gasteiger partial charge in [0.1, 0.15) is 18.2 Å². The Morgan fingerprint density at radius 3 is 2.26 bits per heavy atom. The van der Waals surface area contributed by atoms with Crippen LogP contribution in [0.5, 0.6) is 11.5 Å². The first-order valence-electron chi connectivity index (χ1n) is 12.4. The Bertz CT molecular complexity index is 1170. The largest absolute Gasteiger partial charge is 0.492 e. The second kappa shape index (κ2) is 14.7. The van der Waals surface area contributed by atoms with Crippen molar-refractivity contribution in [2.75, 3.05) is 26.3 Å². The number of para-hydroxylation sites is 1. The lowest BCUT2D eigenvalue weighted by Gasteiger charge is -2.22. The maximum Gasteiger partial charge on any atom is 0.415 e. The average molecular weight is 528 g/mol. The van der Waals surface area contributed by atoms with Gasteiger partial charge >= 0.3 is 12.1 Å². The molecule has 0 aliphatic rings. The van der Waals surface area contributed by atoms with Crippen molar-refractivity contribution in [3.05, 3.63) is 95.6 Å². The number of hydrogen-bond donors (Lipinski definition) is 1. The van der Waals surface area contributed by atoms with Crippen molar-refractivity contribution in [3.63, 3.8) is 0 Å². The Kier molecular flexibility index (Phi) is 11.0. The molecule has 0 saturated heterocycles. The lowest BCUT2D eigenvalue weighted by Crippen LogP contribution is -2.37. The number of halogens is 2. The van der Waals surface area contributed by atoms with Crippen LogP contribution in [0.2, 0.25) is 0 Å². The summed E-state index contributed by atoms with van der Waals surface area (Å²) in [6.07, 6.45) is -0.199. The third kappa shape index (κ3) is 9.15. The van der Waals surface area contributed by atoms with Crippen LogP contribution in [0.25, 0.3) is 0 Å². The van der Waals surface area contributed by atoms with E-state index in [0.29, 0.717) is 31.7 Å². The number of amides is 1. The van der Waals surface area contributed by atoms with Crippen LogP contribution in [0, 0.1) is 11.6 Å².